The molecule has 0 aliphatic carbocycles. The largest absolute Gasteiger partial charge is 0.350 e. The van der Waals surface area contributed by atoms with Crippen LogP contribution in [0, 0.1) is 5.82 Å². The van der Waals surface area contributed by atoms with Gasteiger partial charge in [-0.15, -0.1) is 0 Å². The summed E-state index contributed by atoms with van der Waals surface area (Å²) in [6.07, 6.45) is 2.04. The number of aromatic nitrogens is 1. The first-order valence-electron chi connectivity index (χ1n) is 8.92. The molecule has 1 aromatic heterocycles. The number of likely N-dealkylation sites (N-methyl/N-ethyl adjacent to an activating group) is 1. The standard InChI is InChI=1S/C21H23FN4O2/c1-25(2)19(17-13-26(3)18-7-5-4-6-16(17)18)12-23-20(27)21(28)24-15-10-8-14(22)9-11-15/h4-11,13,19H,12H2,1-3H3,(H,23,27)(H,24,28). The van der Waals surface area contributed by atoms with E-state index in [-0.39, 0.29) is 12.6 Å². The van der Waals surface area contributed by atoms with Gasteiger partial charge in [0.1, 0.15) is 5.82 Å². The van der Waals surface area contributed by atoms with Crippen molar-refractivity contribution >= 4 is 28.4 Å². The number of benzene rings is 2. The number of halogens is 1. The predicted octanol–water partition coefficient (Wildman–Crippen LogP) is 2.68. The molecular weight excluding hydrogens is 359 g/mol. The lowest BCUT2D eigenvalue weighted by Gasteiger charge is -2.24. The van der Waals surface area contributed by atoms with E-state index < -0.39 is 17.6 Å². The van der Waals surface area contributed by atoms with Gasteiger partial charge in [-0.1, -0.05) is 18.2 Å². The lowest BCUT2D eigenvalue weighted by molar-refractivity contribution is -0.136. The van der Waals surface area contributed by atoms with E-state index in [1.54, 1.807) is 0 Å². The number of aryl methyl sites for hydroxylation is 1. The minimum absolute atomic E-state index is 0.103. The summed E-state index contributed by atoms with van der Waals surface area (Å²) in [4.78, 5) is 26.3. The second-order valence-corrected chi connectivity index (χ2v) is 6.86. The van der Waals surface area contributed by atoms with Crippen molar-refractivity contribution in [2.75, 3.05) is 26.0 Å². The molecule has 1 atom stereocenters. The number of carbonyl (C=O) groups is 2. The van der Waals surface area contributed by atoms with Gasteiger partial charge >= 0.3 is 11.8 Å². The highest BCUT2D eigenvalue weighted by atomic mass is 19.1. The summed E-state index contributed by atoms with van der Waals surface area (Å²) < 4.78 is 15.0. The molecule has 3 aromatic rings. The molecule has 2 aromatic carbocycles. The molecule has 0 saturated carbocycles. The normalized spacial score (nSPS) is 12.2. The number of rotatable bonds is 5. The average molecular weight is 382 g/mol. The Kier molecular flexibility index (Phi) is 5.75. The number of nitrogens with one attached hydrogen (secondary N) is 2. The molecule has 2 amide bonds. The molecule has 0 aliphatic rings. The van der Waals surface area contributed by atoms with Crippen LogP contribution >= 0.6 is 0 Å². The quantitative estimate of drug-likeness (QED) is 0.667. The highest BCUT2D eigenvalue weighted by Crippen LogP contribution is 2.28. The van der Waals surface area contributed by atoms with Crippen molar-refractivity contribution in [2.45, 2.75) is 6.04 Å². The summed E-state index contributed by atoms with van der Waals surface area (Å²) in [6.45, 7) is 0.274. The van der Waals surface area contributed by atoms with Crippen LogP contribution in [0.1, 0.15) is 11.6 Å². The maximum absolute atomic E-state index is 12.9. The van der Waals surface area contributed by atoms with E-state index in [4.69, 9.17) is 0 Å². The predicted molar refractivity (Wildman–Crippen MR) is 107 cm³/mol. The Labute approximate surface area is 162 Å². The molecule has 0 fully saturated rings. The third-order valence-corrected chi connectivity index (χ3v) is 4.67. The third kappa shape index (κ3) is 4.20. The minimum atomic E-state index is -0.790. The molecular formula is C21H23FN4O2. The summed E-state index contributed by atoms with van der Waals surface area (Å²) in [5.74, 6) is -1.94. The number of fused-ring (bicyclic) bond motifs is 1. The lowest BCUT2D eigenvalue weighted by Crippen LogP contribution is -2.40. The van der Waals surface area contributed by atoms with E-state index in [2.05, 4.69) is 10.6 Å². The van der Waals surface area contributed by atoms with Crippen LogP contribution < -0.4 is 10.6 Å². The van der Waals surface area contributed by atoms with Gasteiger partial charge in [-0.05, 0) is 50.0 Å². The Morgan fingerprint density at radius 1 is 1.07 bits per heavy atom. The summed E-state index contributed by atoms with van der Waals surface area (Å²) in [6, 6.07) is 13.2. The second kappa shape index (κ2) is 8.22. The Morgan fingerprint density at radius 2 is 1.75 bits per heavy atom. The van der Waals surface area contributed by atoms with Gasteiger partial charge in [0.2, 0.25) is 0 Å². The van der Waals surface area contributed by atoms with Crippen LogP contribution in [0.5, 0.6) is 0 Å². The molecule has 1 unspecified atom stereocenters. The Hall–Kier alpha value is -3.19. The minimum Gasteiger partial charge on any atom is -0.350 e. The van der Waals surface area contributed by atoms with Crippen LogP contribution in [0.3, 0.4) is 0 Å². The van der Waals surface area contributed by atoms with E-state index in [0.717, 1.165) is 16.5 Å². The fourth-order valence-electron chi connectivity index (χ4n) is 3.20. The van der Waals surface area contributed by atoms with Crippen LogP contribution in [-0.4, -0.2) is 41.9 Å². The van der Waals surface area contributed by atoms with E-state index in [9.17, 15) is 14.0 Å². The lowest BCUT2D eigenvalue weighted by atomic mass is 10.0. The number of hydrogen-bond donors (Lipinski definition) is 2. The number of para-hydroxylation sites is 1. The molecule has 0 radical (unpaired) electrons. The Balaban J connectivity index is 1.70. The van der Waals surface area contributed by atoms with E-state index in [1.165, 1.54) is 24.3 Å². The highest BCUT2D eigenvalue weighted by Gasteiger charge is 2.22. The van der Waals surface area contributed by atoms with Gasteiger partial charge < -0.3 is 20.1 Å². The zero-order valence-electron chi connectivity index (χ0n) is 16.1. The first-order chi connectivity index (χ1) is 13.4. The molecule has 3 rings (SSSR count). The maximum Gasteiger partial charge on any atom is 0.313 e. The van der Waals surface area contributed by atoms with Crippen molar-refractivity contribution in [1.82, 2.24) is 14.8 Å². The van der Waals surface area contributed by atoms with Crippen LogP contribution in [-0.2, 0) is 16.6 Å². The van der Waals surface area contributed by atoms with Gasteiger partial charge in [0.25, 0.3) is 0 Å². The zero-order chi connectivity index (χ0) is 20.3. The summed E-state index contributed by atoms with van der Waals surface area (Å²) in [7, 11) is 5.83. The van der Waals surface area contributed by atoms with Crippen LogP contribution in [0.4, 0.5) is 10.1 Å². The number of amides is 2. The molecule has 6 nitrogen and oxygen atoms in total. The molecule has 146 valence electrons. The van der Waals surface area contributed by atoms with Crippen LogP contribution in [0.2, 0.25) is 0 Å². The second-order valence-electron chi connectivity index (χ2n) is 6.86. The molecule has 0 bridgehead atoms. The number of nitrogens with zero attached hydrogens (tertiary/aromatic N) is 2. The van der Waals surface area contributed by atoms with Gasteiger partial charge in [-0.25, -0.2) is 4.39 Å². The van der Waals surface area contributed by atoms with Crippen LogP contribution in [0.25, 0.3) is 10.9 Å². The third-order valence-electron chi connectivity index (χ3n) is 4.67. The Morgan fingerprint density at radius 3 is 2.43 bits per heavy atom. The first-order valence-corrected chi connectivity index (χ1v) is 8.92. The SMILES string of the molecule is CN(C)C(CNC(=O)C(=O)Nc1ccc(F)cc1)c1cn(C)c2ccccc12. The molecule has 0 aliphatic heterocycles. The summed E-state index contributed by atoms with van der Waals surface area (Å²) >= 11 is 0. The highest BCUT2D eigenvalue weighted by molar-refractivity contribution is 6.39. The van der Waals surface area contributed by atoms with Crippen molar-refractivity contribution in [3.63, 3.8) is 0 Å². The molecule has 0 saturated heterocycles. The molecule has 2 N–H and O–H groups in total. The van der Waals surface area contributed by atoms with Crippen molar-refractivity contribution in [3.05, 3.63) is 66.1 Å². The first kappa shape index (κ1) is 19.6. The fraction of sp³-hybridized carbons (Fsp3) is 0.238. The van der Waals surface area contributed by atoms with Crippen molar-refractivity contribution in [3.8, 4) is 0 Å². The van der Waals surface area contributed by atoms with E-state index in [1.807, 2.05) is 61.1 Å². The topological polar surface area (TPSA) is 66.4 Å². The molecule has 0 spiro atoms. The van der Waals surface area contributed by atoms with Gasteiger partial charge in [-0.2, -0.15) is 0 Å². The van der Waals surface area contributed by atoms with E-state index >= 15 is 0 Å². The van der Waals surface area contributed by atoms with Gasteiger partial charge in [0, 0.05) is 36.4 Å². The number of hydrogen-bond acceptors (Lipinski definition) is 3. The Bertz CT molecular complexity index is 995. The number of carbonyl (C=O) groups excluding carboxylic acids is 2. The zero-order valence-corrected chi connectivity index (χ0v) is 16.1. The fourth-order valence-corrected chi connectivity index (χ4v) is 3.20. The molecule has 1 heterocycles. The van der Waals surface area contributed by atoms with Gasteiger partial charge in [0.15, 0.2) is 0 Å². The average Bonchev–Trinajstić information content (AvgIpc) is 3.00. The maximum atomic E-state index is 12.9. The smallest absolute Gasteiger partial charge is 0.313 e. The van der Waals surface area contributed by atoms with Crippen LogP contribution in [0.15, 0.2) is 54.7 Å². The van der Waals surface area contributed by atoms with Crippen molar-refractivity contribution < 1.29 is 14.0 Å². The molecule has 28 heavy (non-hydrogen) atoms. The summed E-state index contributed by atoms with van der Waals surface area (Å²) in [5, 5.41) is 6.26. The van der Waals surface area contributed by atoms with Gasteiger partial charge in [-0.3, -0.25) is 9.59 Å². The van der Waals surface area contributed by atoms with Crippen molar-refractivity contribution in [2.24, 2.45) is 7.05 Å². The van der Waals surface area contributed by atoms with Gasteiger partial charge in [0.05, 0.1) is 6.04 Å². The van der Waals surface area contributed by atoms with Crippen molar-refractivity contribution in [1.29, 1.82) is 0 Å². The molecule has 7 heteroatoms. The monoisotopic (exact) mass is 382 g/mol. The van der Waals surface area contributed by atoms with E-state index in [0.29, 0.717) is 5.69 Å². The number of anilines is 1. The summed E-state index contributed by atoms with van der Waals surface area (Å²) in [5.41, 5.74) is 2.53.